The zero-order valence-electron chi connectivity index (χ0n) is 15.1. The van der Waals surface area contributed by atoms with Gasteiger partial charge in [-0.05, 0) is 31.0 Å². The maximum absolute atomic E-state index is 6.08. The van der Waals surface area contributed by atoms with Crippen LogP contribution in [-0.2, 0) is 17.7 Å². The van der Waals surface area contributed by atoms with E-state index >= 15 is 0 Å². The maximum Gasteiger partial charge on any atom is 0.240 e. The first-order valence-electron chi connectivity index (χ1n) is 8.79. The van der Waals surface area contributed by atoms with Gasteiger partial charge in [-0.15, -0.1) is 0 Å². The van der Waals surface area contributed by atoms with Crippen LogP contribution in [0.3, 0.4) is 0 Å². The lowest BCUT2D eigenvalue weighted by Crippen LogP contribution is -2.46. The number of methoxy groups -OCH3 is 1. The highest BCUT2D eigenvalue weighted by atomic mass is 35.5. The number of benzene rings is 1. The van der Waals surface area contributed by atoms with Crippen molar-refractivity contribution in [3.8, 4) is 0 Å². The fraction of sp³-hybridized carbons (Fsp3) is 0.556. The molecule has 6 nitrogen and oxygen atoms in total. The molecular weight excluding hydrogens is 375 g/mol. The molecule has 0 bridgehead atoms. The number of nitrogens with zero attached hydrogens (tertiary/aromatic N) is 4. The summed E-state index contributed by atoms with van der Waals surface area (Å²) in [6.07, 6.45) is 0.824. The maximum atomic E-state index is 6.08. The molecule has 26 heavy (non-hydrogen) atoms. The quantitative estimate of drug-likeness (QED) is 0.711. The lowest BCUT2D eigenvalue weighted by atomic mass is 10.1. The number of piperazine rings is 1. The van der Waals surface area contributed by atoms with Crippen LogP contribution >= 0.6 is 23.2 Å². The molecule has 0 amide bonds. The van der Waals surface area contributed by atoms with E-state index in [1.807, 2.05) is 25.1 Å². The molecular formula is C18H24Cl2N4O2. The minimum Gasteiger partial charge on any atom is -0.374 e. The predicted molar refractivity (Wildman–Crippen MR) is 102 cm³/mol. The highest BCUT2D eigenvalue weighted by Crippen LogP contribution is 2.23. The van der Waals surface area contributed by atoms with Gasteiger partial charge in [-0.3, -0.25) is 4.90 Å². The summed E-state index contributed by atoms with van der Waals surface area (Å²) < 4.78 is 10.5. The Labute approximate surface area is 164 Å². The smallest absolute Gasteiger partial charge is 0.240 e. The number of hydrogen-bond donors (Lipinski definition) is 0. The summed E-state index contributed by atoms with van der Waals surface area (Å²) in [5, 5.41) is 5.20. The Morgan fingerprint density at radius 1 is 1.15 bits per heavy atom. The zero-order chi connectivity index (χ0) is 18.5. The van der Waals surface area contributed by atoms with Crippen LogP contribution in [0.1, 0.15) is 30.3 Å². The predicted octanol–water partition coefficient (Wildman–Crippen LogP) is 3.44. The van der Waals surface area contributed by atoms with E-state index in [0.717, 1.165) is 39.1 Å². The lowest BCUT2D eigenvalue weighted by Gasteiger charge is -2.33. The van der Waals surface area contributed by atoms with Crippen LogP contribution in [0.4, 0.5) is 0 Å². The Hall–Kier alpha value is -1.18. The number of hydrogen-bond acceptors (Lipinski definition) is 6. The summed E-state index contributed by atoms with van der Waals surface area (Å²) in [5.41, 5.74) is 1.22. The molecule has 142 valence electrons. The van der Waals surface area contributed by atoms with E-state index in [1.54, 1.807) is 7.11 Å². The van der Waals surface area contributed by atoms with E-state index in [4.69, 9.17) is 32.5 Å². The van der Waals surface area contributed by atoms with Crippen molar-refractivity contribution < 1.29 is 9.26 Å². The third-order valence-electron chi connectivity index (χ3n) is 4.73. The second-order valence-electron chi connectivity index (χ2n) is 6.54. The second kappa shape index (κ2) is 9.15. The van der Waals surface area contributed by atoms with Crippen LogP contribution in [0.25, 0.3) is 0 Å². The van der Waals surface area contributed by atoms with Gasteiger partial charge in [-0.25, -0.2) is 0 Å². The molecule has 3 rings (SSSR count). The van der Waals surface area contributed by atoms with Crippen LogP contribution in [0.5, 0.6) is 0 Å². The summed E-state index contributed by atoms with van der Waals surface area (Å²) in [7, 11) is 1.64. The molecule has 1 fully saturated rings. The van der Waals surface area contributed by atoms with Gasteiger partial charge in [-0.2, -0.15) is 4.98 Å². The van der Waals surface area contributed by atoms with Gasteiger partial charge < -0.3 is 14.2 Å². The Morgan fingerprint density at radius 2 is 1.88 bits per heavy atom. The first-order chi connectivity index (χ1) is 12.5. The molecule has 0 aliphatic carbocycles. The monoisotopic (exact) mass is 398 g/mol. The molecule has 0 N–H and O–H groups in total. The number of rotatable bonds is 7. The average Bonchev–Trinajstić information content (AvgIpc) is 3.12. The molecule has 2 aromatic rings. The van der Waals surface area contributed by atoms with Crippen LogP contribution in [0, 0.1) is 0 Å². The van der Waals surface area contributed by atoms with E-state index < -0.39 is 0 Å². The Balaban J connectivity index is 1.42. The lowest BCUT2D eigenvalue weighted by molar-refractivity contribution is 0.109. The third-order valence-corrected chi connectivity index (χ3v) is 5.46. The number of halogens is 2. The summed E-state index contributed by atoms with van der Waals surface area (Å²) in [6.45, 7) is 7.62. The van der Waals surface area contributed by atoms with Gasteiger partial charge in [0.1, 0.15) is 6.10 Å². The van der Waals surface area contributed by atoms with Gasteiger partial charge >= 0.3 is 0 Å². The summed E-state index contributed by atoms with van der Waals surface area (Å²) in [5.74, 6) is 1.25. The first kappa shape index (κ1) is 19.6. The average molecular weight is 399 g/mol. The Kier molecular flexibility index (Phi) is 6.89. The van der Waals surface area contributed by atoms with E-state index in [-0.39, 0.29) is 6.10 Å². The molecule has 2 heterocycles. The van der Waals surface area contributed by atoms with Gasteiger partial charge in [0.05, 0.1) is 16.6 Å². The molecule has 1 aromatic carbocycles. The van der Waals surface area contributed by atoms with E-state index in [0.29, 0.717) is 28.3 Å². The molecule has 0 saturated carbocycles. The van der Waals surface area contributed by atoms with Crippen molar-refractivity contribution in [3.05, 3.63) is 45.5 Å². The largest absolute Gasteiger partial charge is 0.374 e. The highest BCUT2D eigenvalue weighted by molar-refractivity contribution is 6.42. The van der Waals surface area contributed by atoms with Gasteiger partial charge in [0, 0.05) is 39.8 Å². The Morgan fingerprint density at radius 3 is 2.58 bits per heavy atom. The topological polar surface area (TPSA) is 54.6 Å². The molecule has 1 aliphatic heterocycles. The van der Waals surface area contributed by atoms with E-state index in [9.17, 15) is 0 Å². The number of ether oxygens (including phenoxy) is 1. The van der Waals surface area contributed by atoms with Gasteiger partial charge in [0.25, 0.3) is 0 Å². The fourth-order valence-corrected chi connectivity index (χ4v) is 3.27. The molecule has 0 radical (unpaired) electrons. The molecule has 1 aromatic heterocycles. The normalized spacial score (nSPS) is 17.5. The van der Waals surface area contributed by atoms with Crippen molar-refractivity contribution in [3.63, 3.8) is 0 Å². The van der Waals surface area contributed by atoms with Crippen molar-refractivity contribution in [2.24, 2.45) is 0 Å². The van der Waals surface area contributed by atoms with Crippen LogP contribution < -0.4 is 0 Å². The molecule has 1 aliphatic rings. The Bertz CT molecular complexity index is 717. The molecule has 1 atom stereocenters. The van der Waals surface area contributed by atoms with Crippen molar-refractivity contribution in [2.75, 3.05) is 39.8 Å². The van der Waals surface area contributed by atoms with Crippen molar-refractivity contribution in [2.45, 2.75) is 26.0 Å². The molecule has 1 unspecified atom stereocenters. The summed E-state index contributed by atoms with van der Waals surface area (Å²) >= 11 is 12.0. The fourth-order valence-electron chi connectivity index (χ4n) is 2.95. The van der Waals surface area contributed by atoms with Gasteiger partial charge in [0.2, 0.25) is 5.89 Å². The molecule has 0 spiro atoms. The summed E-state index contributed by atoms with van der Waals surface area (Å²) in [4.78, 5) is 9.21. The minimum absolute atomic E-state index is 0.147. The second-order valence-corrected chi connectivity index (χ2v) is 7.35. The van der Waals surface area contributed by atoms with E-state index in [2.05, 4.69) is 19.9 Å². The zero-order valence-corrected chi connectivity index (χ0v) is 16.6. The highest BCUT2D eigenvalue weighted by Gasteiger charge is 2.20. The van der Waals surface area contributed by atoms with E-state index in [1.165, 1.54) is 5.56 Å². The van der Waals surface area contributed by atoms with Crippen LogP contribution in [-0.4, -0.2) is 59.8 Å². The SMILES string of the molecule is COC(C)c1noc(CN2CCN(CCc3ccc(Cl)c(Cl)c3)CC2)n1. The first-order valence-corrected chi connectivity index (χ1v) is 9.54. The van der Waals surface area contributed by atoms with Crippen LogP contribution in [0.2, 0.25) is 10.0 Å². The van der Waals surface area contributed by atoms with Crippen molar-refractivity contribution in [1.29, 1.82) is 0 Å². The van der Waals surface area contributed by atoms with Crippen LogP contribution in [0.15, 0.2) is 22.7 Å². The summed E-state index contributed by atoms with van der Waals surface area (Å²) in [6, 6.07) is 5.85. The van der Waals surface area contributed by atoms with Crippen molar-refractivity contribution in [1.82, 2.24) is 19.9 Å². The third kappa shape index (κ3) is 5.18. The molecule has 1 saturated heterocycles. The minimum atomic E-state index is -0.147. The number of aromatic nitrogens is 2. The van der Waals surface area contributed by atoms with Crippen molar-refractivity contribution >= 4 is 23.2 Å². The molecule has 8 heteroatoms. The van der Waals surface area contributed by atoms with Gasteiger partial charge in [-0.1, -0.05) is 34.4 Å². The standard InChI is InChI=1S/C18H24Cl2N4O2/c1-13(25-2)18-21-17(26-22-18)12-24-9-7-23(8-10-24)6-5-14-3-4-15(19)16(20)11-14/h3-4,11,13H,5-10,12H2,1-2H3. The van der Waals surface area contributed by atoms with Gasteiger partial charge in [0.15, 0.2) is 5.82 Å².